The first kappa shape index (κ1) is 17.4. The molecule has 0 aliphatic heterocycles. The third-order valence-electron chi connectivity index (χ3n) is 4.27. The molecule has 128 valence electrons. The van der Waals surface area contributed by atoms with Crippen molar-refractivity contribution < 1.29 is 5.11 Å². The average molecular weight is 352 g/mol. The van der Waals surface area contributed by atoms with E-state index in [1.54, 1.807) is 6.07 Å². The van der Waals surface area contributed by atoms with Crippen molar-refractivity contribution in [2.45, 2.75) is 27.3 Å². The number of benzene rings is 3. The van der Waals surface area contributed by atoms with Gasteiger partial charge in [0.15, 0.2) is 0 Å². The Labute approximate surface area is 154 Å². The molecule has 0 spiro atoms. The number of aromatic hydroxyl groups is 1. The molecule has 0 radical (unpaired) electrons. The SMILES string of the molecule is Cc1cc(Cl)cc(CNc2ccc(O)c(-c3ccc(C)cc3C)c2)c1. The average Bonchev–Trinajstić information content (AvgIpc) is 2.54. The van der Waals surface area contributed by atoms with E-state index in [9.17, 15) is 5.11 Å². The van der Waals surface area contributed by atoms with E-state index in [-0.39, 0.29) is 5.75 Å². The van der Waals surface area contributed by atoms with Crippen LogP contribution in [-0.4, -0.2) is 5.11 Å². The summed E-state index contributed by atoms with van der Waals surface area (Å²) in [4.78, 5) is 0. The second kappa shape index (κ2) is 7.20. The zero-order valence-electron chi connectivity index (χ0n) is 14.7. The van der Waals surface area contributed by atoms with Gasteiger partial charge in [0.2, 0.25) is 0 Å². The summed E-state index contributed by atoms with van der Waals surface area (Å²) in [6, 6.07) is 17.9. The Bertz CT molecular complexity index is 898. The molecule has 0 unspecified atom stereocenters. The lowest BCUT2D eigenvalue weighted by Crippen LogP contribution is -2.00. The smallest absolute Gasteiger partial charge is 0.123 e. The van der Waals surface area contributed by atoms with E-state index in [1.807, 2.05) is 31.2 Å². The Hall–Kier alpha value is -2.45. The Morgan fingerprint density at radius 3 is 2.36 bits per heavy atom. The van der Waals surface area contributed by atoms with Crippen molar-refractivity contribution in [1.29, 1.82) is 0 Å². The molecule has 0 aromatic heterocycles. The zero-order valence-corrected chi connectivity index (χ0v) is 15.5. The summed E-state index contributed by atoms with van der Waals surface area (Å²) in [5.74, 6) is 0.288. The molecule has 3 aromatic rings. The van der Waals surface area contributed by atoms with Crippen molar-refractivity contribution in [2.75, 3.05) is 5.32 Å². The van der Waals surface area contributed by atoms with Gasteiger partial charge in [0.05, 0.1) is 0 Å². The van der Waals surface area contributed by atoms with Crippen LogP contribution in [0.25, 0.3) is 11.1 Å². The van der Waals surface area contributed by atoms with E-state index >= 15 is 0 Å². The molecule has 0 heterocycles. The molecule has 0 aliphatic rings. The first-order valence-electron chi connectivity index (χ1n) is 8.33. The van der Waals surface area contributed by atoms with Gasteiger partial charge in [-0.25, -0.2) is 0 Å². The highest BCUT2D eigenvalue weighted by molar-refractivity contribution is 6.30. The maximum absolute atomic E-state index is 10.3. The topological polar surface area (TPSA) is 32.3 Å². The largest absolute Gasteiger partial charge is 0.507 e. The van der Waals surface area contributed by atoms with Crippen LogP contribution in [0, 0.1) is 20.8 Å². The van der Waals surface area contributed by atoms with Gasteiger partial charge < -0.3 is 10.4 Å². The monoisotopic (exact) mass is 351 g/mol. The Morgan fingerprint density at radius 1 is 0.840 bits per heavy atom. The summed E-state index contributed by atoms with van der Waals surface area (Å²) in [6.45, 7) is 6.85. The highest BCUT2D eigenvalue weighted by Crippen LogP contribution is 2.34. The van der Waals surface area contributed by atoms with E-state index in [4.69, 9.17) is 11.6 Å². The van der Waals surface area contributed by atoms with Gasteiger partial charge in [0.1, 0.15) is 5.75 Å². The minimum absolute atomic E-state index is 0.288. The highest BCUT2D eigenvalue weighted by Gasteiger charge is 2.09. The highest BCUT2D eigenvalue weighted by atomic mass is 35.5. The predicted molar refractivity (Wildman–Crippen MR) is 107 cm³/mol. The lowest BCUT2D eigenvalue weighted by Gasteiger charge is -2.13. The number of hydrogen-bond acceptors (Lipinski definition) is 2. The third-order valence-corrected chi connectivity index (χ3v) is 4.49. The van der Waals surface area contributed by atoms with E-state index in [2.05, 4.69) is 43.4 Å². The fraction of sp³-hybridized carbons (Fsp3) is 0.182. The molecule has 0 aliphatic carbocycles. The summed E-state index contributed by atoms with van der Waals surface area (Å²) in [5.41, 5.74) is 7.49. The van der Waals surface area contributed by atoms with Crippen LogP contribution in [0.4, 0.5) is 5.69 Å². The van der Waals surface area contributed by atoms with E-state index in [0.29, 0.717) is 6.54 Å². The van der Waals surface area contributed by atoms with Crippen molar-refractivity contribution in [3.63, 3.8) is 0 Å². The van der Waals surface area contributed by atoms with Gasteiger partial charge in [-0.15, -0.1) is 0 Å². The molecule has 0 bridgehead atoms. The number of hydrogen-bond donors (Lipinski definition) is 2. The minimum atomic E-state index is 0.288. The van der Waals surface area contributed by atoms with Crippen LogP contribution in [-0.2, 0) is 6.54 Å². The van der Waals surface area contributed by atoms with Gasteiger partial charge in [-0.2, -0.15) is 0 Å². The number of rotatable bonds is 4. The molecule has 3 heteroatoms. The number of phenols is 1. The fourth-order valence-electron chi connectivity index (χ4n) is 3.10. The van der Waals surface area contributed by atoms with Crippen LogP contribution in [0.15, 0.2) is 54.6 Å². The zero-order chi connectivity index (χ0) is 18.0. The van der Waals surface area contributed by atoms with E-state index < -0.39 is 0 Å². The van der Waals surface area contributed by atoms with Crippen LogP contribution < -0.4 is 5.32 Å². The van der Waals surface area contributed by atoms with Crippen LogP contribution in [0.1, 0.15) is 22.3 Å². The third kappa shape index (κ3) is 4.15. The molecule has 3 aromatic carbocycles. The second-order valence-corrected chi connectivity index (χ2v) is 6.98. The molecule has 2 nitrogen and oxygen atoms in total. The van der Waals surface area contributed by atoms with Gasteiger partial charge in [-0.05, 0) is 73.4 Å². The minimum Gasteiger partial charge on any atom is -0.507 e. The van der Waals surface area contributed by atoms with Gasteiger partial charge in [-0.3, -0.25) is 0 Å². The second-order valence-electron chi connectivity index (χ2n) is 6.54. The molecular weight excluding hydrogens is 330 g/mol. The van der Waals surface area contributed by atoms with Crippen molar-refractivity contribution in [3.8, 4) is 16.9 Å². The van der Waals surface area contributed by atoms with Gasteiger partial charge in [-0.1, -0.05) is 41.4 Å². The summed E-state index contributed by atoms with van der Waals surface area (Å²) < 4.78 is 0. The molecule has 0 saturated heterocycles. The molecule has 0 amide bonds. The van der Waals surface area contributed by atoms with Crippen molar-refractivity contribution in [3.05, 3.63) is 81.9 Å². The number of anilines is 1. The normalized spacial score (nSPS) is 10.7. The summed E-state index contributed by atoms with van der Waals surface area (Å²) in [7, 11) is 0. The molecule has 2 N–H and O–H groups in total. The van der Waals surface area contributed by atoms with Crippen LogP contribution in [0.3, 0.4) is 0 Å². The molecule has 3 rings (SSSR count). The molecule has 0 fully saturated rings. The van der Waals surface area contributed by atoms with Gasteiger partial charge in [0, 0.05) is 22.8 Å². The summed E-state index contributed by atoms with van der Waals surface area (Å²) >= 11 is 6.13. The van der Waals surface area contributed by atoms with Crippen LogP contribution in [0.5, 0.6) is 5.75 Å². The van der Waals surface area contributed by atoms with Gasteiger partial charge >= 0.3 is 0 Å². The first-order valence-corrected chi connectivity index (χ1v) is 8.71. The Morgan fingerprint density at radius 2 is 1.64 bits per heavy atom. The predicted octanol–water partition coefficient (Wildman–Crippen LogP) is 6.25. The van der Waals surface area contributed by atoms with Crippen molar-refractivity contribution >= 4 is 17.3 Å². The Kier molecular flexibility index (Phi) is 5.00. The number of halogens is 1. The molecule has 0 saturated carbocycles. The fourth-order valence-corrected chi connectivity index (χ4v) is 3.41. The van der Waals surface area contributed by atoms with Crippen molar-refractivity contribution in [2.24, 2.45) is 0 Å². The molecule has 25 heavy (non-hydrogen) atoms. The lowest BCUT2D eigenvalue weighted by molar-refractivity contribution is 0.477. The summed E-state index contributed by atoms with van der Waals surface area (Å²) in [6.07, 6.45) is 0. The quantitative estimate of drug-likeness (QED) is 0.544. The van der Waals surface area contributed by atoms with E-state index in [1.165, 1.54) is 5.56 Å². The maximum Gasteiger partial charge on any atom is 0.123 e. The summed E-state index contributed by atoms with van der Waals surface area (Å²) in [5, 5.41) is 14.5. The lowest BCUT2D eigenvalue weighted by atomic mass is 9.97. The van der Waals surface area contributed by atoms with Crippen molar-refractivity contribution in [1.82, 2.24) is 0 Å². The van der Waals surface area contributed by atoms with Crippen LogP contribution in [0.2, 0.25) is 5.02 Å². The number of nitrogens with one attached hydrogen (secondary N) is 1. The molecular formula is C22H22ClNO. The van der Waals surface area contributed by atoms with E-state index in [0.717, 1.165) is 38.5 Å². The van der Waals surface area contributed by atoms with Crippen LogP contribution >= 0.6 is 11.6 Å². The first-order chi connectivity index (χ1) is 11.9. The number of aryl methyl sites for hydroxylation is 3. The number of phenolic OH excluding ortho intramolecular Hbond substituents is 1. The standard InChI is InChI=1S/C22H22ClNO/c1-14-4-6-20(16(3)8-14)21-12-19(5-7-22(21)25)24-13-17-9-15(2)10-18(23)11-17/h4-12,24-25H,13H2,1-3H3. The van der Waals surface area contributed by atoms with Gasteiger partial charge in [0.25, 0.3) is 0 Å². The Balaban J connectivity index is 1.86. The molecule has 0 atom stereocenters. The maximum atomic E-state index is 10.3.